The van der Waals surface area contributed by atoms with E-state index in [2.05, 4.69) is 108 Å². The van der Waals surface area contributed by atoms with Gasteiger partial charge in [-0.15, -0.1) is 0 Å². The highest BCUT2D eigenvalue weighted by atomic mass is 16.3. The molecule has 0 N–H and O–H groups in total. The predicted octanol–water partition coefficient (Wildman–Crippen LogP) is 12.4. The van der Waals surface area contributed by atoms with Gasteiger partial charge in [0, 0.05) is 48.8 Å². The third-order valence-electron chi connectivity index (χ3n) is 10.6. The van der Waals surface area contributed by atoms with E-state index in [-0.39, 0.29) is 0 Å². The fourth-order valence-electron chi connectivity index (χ4n) is 8.21. The van der Waals surface area contributed by atoms with Gasteiger partial charge in [-0.3, -0.25) is 0 Å². The lowest BCUT2D eigenvalue weighted by Gasteiger charge is -2.07. The van der Waals surface area contributed by atoms with Crippen molar-refractivity contribution in [1.82, 2.24) is 14.4 Å². The van der Waals surface area contributed by atoms with Gasteiger partial charge in [0.05, 0.1) is 16.6 Å². The summed E-state index contributed by atoms with van der Waals surface area (Å²) >= 11 is 0. The Hall–Kier alpha value is -6.98. The standard InChI is InChI=1S/C46H25N3O2/c1-2-9-26(10-3-1)42-45-43(36-12-5-7-16-40(36)51-45)48-46(47-42)29-19-21-31-35-14-8-13-34-30-20-17-27(23-37(30)49(44(34)35)38(31)24-29)28-18-22-33-32-11-4-6-15-39(32)50-41(33)25-28/h1-25H. The lowest BCUT2D eigenvalue weighted by Crippen LogP contribution is -1.94. The van der Waals surface area contributed by atoms with Gasteiger partial charge in [-0.05, 0) is 53.6 Å². The predicted molar refractivity (Wildman–Crippen MR) is 208 cm³/mol. The highest BCUT2D eigenvalue weighted by Crippen LogP contribution is 2.42. The number of hydrogen-bond donors (Lipinski definition) is 0. The van der Waals surface area contributed by atoms with Crippen LogP contribution in [-0.4, -0.2) is 14.4 Å². The molecule has 5 aromatic heterocycles. The molecule has 0 fully saturated rings. The van der Waals surface area contributed by atoms with E-state index >= 15 is 0 Å². The largest absolute Gasteiger partial charge is 0.456 e. The summed E-state index contributed by atoms with van der Waals surface area (Å²) in [5.74, 6) is 0.666. The summed E-state index contributed by atoms with van der Waals surface area (Å²) < 4.78 is 15.1. The summed E-state index contributed by atoms with van der Waals surface area (Å²) in [7, 11) is 0. The van der Waals surface area contributed by atoms with E-state index in [1.54, 1.807) is 0 Å². The van der Waals surface area contributed by atoms with Crippen LogP contribution in [0.1, 0.15) is 0 Å². The van der Waals surface area contributed by atoms with Crippen LogP contribution in [0.3, 0.4) is 0 Å². The molecular formula is C46H25N3O2. The zero-order valence-corrected chi connectivity index (χ0v) is 27.1. The Morgan fingerprint density at radius 3 is 1.76 bits per heavy atom. The maximum absolute atomic E-state index is 6.37. The topological polar surface area (TPSA) is 56.5 Å². The third kappa shape index (κ3) is 3.69. The smallest absolute Gasteiger partial charge is 0.180 e. The number of furan rings is 2. The number of nitrogens with zero attached hydrogens (tertiary/aromatic N) is 3. The fraction of sp³-hybridized carbons (Fsp3) is 0. The molecule has 0 aliphatic carbocycles. The number of para-hydroxylation sites is 3. The molecule has 12 rings (SSSR count). The third-order valence-corrected chi connectivity index (χ3v) is 10.6. The van der Waals surface area contributed by atoms with Crippen LogP contribution < -0.4 is 0 Å². The summed E-state index contributed by atoms with van der Waals surface area (Å²) in [6.45, 7) is 0. The molecule has 12 aromatic rings. The molecule has 236 valence electrons. The summed E-state index contributed by atoms with van der Waals surface area (Å²) in [6.07, 6.45) is 0. The molecule has 51 heavy (non-hydrogen) atoms. The van der Waals surface area contributed by atoms with Crippen molar-refractivity contribution in [2.24, 2.45) is 0 Å². The van der Waals surface area contributed by atoms with Crippen LogP contribution in [0.15, 0.2) is 160 Å². The second-order valence-corrected chi connectivity index (χ2v) is 13.3. The van der Waals surface area contributed by atoms with E-state index in [0.717, 1.165) is 77.4 Å². The first-order valence-corrected chi connectivity index (χ1v) is 17.2. The van der Waals surface area contributed by atoms with Gasteiger partial charge in [0.1, 0.15) is 28.0 Å². The maximum atomic E-state index is 6.37. The second-order valence-electron chi connectivity index (χ2n) is 13.3. The molecule has 0 saturated carbocycles. The van der Waals surface area contributed by atoms with Crippen molar-refractivity contribution in [2.45, 2.75) is 0 Å². The van der Waals surface area contributed by atoms with Crippen molar-refractivity contribution in [2.75, 3.05) is 0 Å². The van der Waals surface area contributed by atoms with Gasteiger partial charge in [-0.25, -0.2) is 9.97 Å². The molecule has 0 saturated heterocycles. The number of aromatic nitrogens is 3. The fourth-order valence-corrected chi connectivity index (χ4v) is 8.21. The molecule has 0 amide bonds. The number of rotatable bonds is 3. The van der Waals surface area contributed by atoms with Gasteiger partial charge in [-0.2, -0.15) is 0 Å². The Bertz CT molecular complexity index is 3370. The van der Waals surface area contributed by atoms with Gasteiger partial charge >= 0.3 is 0 Å². The highest BCUT2D eigenvalue weighted by molar-refractivity contribution is 6.24. The quantitative estimate of drug-likeness (QED) is 0.191. The summed E-state index contributed by atoms with van der Waals surface area (Å²) in [6, 6.07) is 53.1. The van der Waals surface area contributed by atoms with Crippen molar-refractivity contribution in [3.8, 4) is 33.8 Å². The minimum Gasteiger partial charge on any atom is -0.456 e. The monoisotopic (exact) mass is 651 g/mol. The van der Waals surface area contributed by atoms with E-state index in [1.807, 2.05) is 48.5 Å². The molecule has 0 unspecified atom stereocenters. The average molecular weight is 652 g/mol. The average Bonchev–Trinajstić information content (AvgIpc) is 3.94. The van der Waals surface area contributed by atoms with E-state index in [0.29, 0.717) is 11.4 Å². The van der Waals surface area contributed by atoms with E-state index in [9.17, 15) is 0 Å². The maximum Gasteiger partial charge on any atom is 0.180 e. The molecule has 0 aliphatic heterocycles. The van der Waals surface area contributed by atoms with Gasteiger partial charge in [0.2, 0.25) is 0 Å². The van der Waals surface area contributed by atoms with Crippen molar-refractivity contribution in [3.05, 3.63) is 152 Å². The Labute approximate surface area is 289 Å². The van der Waals surface area contributed by atoms with Gasteiger partial charge < -0.3 is 13.2 Å². The number of benzene rings is 7. The Kier molecular flexibility index (Phi) is 5.17. The number of fused-ring (bicyclic) bond motifs is 12. The molecule has 0 atom stereocenters. The molecule has 5 heteroatoms. The minimum atomic E-state index is 0.666. The zero-order valence-electron chi connectivity index (χ0n) is 27.1. The molecule has 0 aliphatic rings. The Morgan fingerprint density at radius 1 is 0.392 bits per heavy atom. The first-order valence-electron chi connectivity index (χ1n) is 17.2. The van der Waals surface area contributed by atoms with Gasteiger partial charge in [0.15, 0.2) is 11.4 Å². The summed E-state index contributed by atoms with van der Waals surface area (Å²) in [5.41, 5.74) is 12.6. The van der Waals surface area contributed by atoms with Crippen LogP contribution >= 0.6 is 0 Å². The highest BCUT2D eigenvalue weighted by Gasteiger charge is 2.21. The van der Waals surface area contributed by atoms with Crippen molar-refractivity contribution >= 4 is 82.1 Å². The molecule has 7 aromatic carbocycles. The van der Waals surface area contributed by atoms with E-state index in [1.165, 1.54) is 27.1 Å². The SMILES string of the molecule is c1ccc(-c2nc(-c3ccc4c5cccc6c7ccc(-c8ccc9c(c8)oc8ccccc89)cc7n(c4c3)c65)nc3c2oc2ccccc23)cc1. The zero-order chi connectivity index (χ0) is 33.2. The molecule has 0 radical (unpaired) electrons. The van der Waals surface area contributed by atoms with Crippen molar-refractivity contribution < 1.29 is 8.83 Å². The lowest BCUT2D eigenvalue weighted by atomic mass is 10.0. The second kappa shape index (κ2) is 9.80. The molecular weight excluding hydrogens is 627 g/mol. The normalized spacial score (nSPS) is 12.3. The lowest BCUT2D eigenvalue weighted by molar-refractivity contribution is 0.667. The van der Waals surface area contributed by atoms with Crippen LogP contribution in [0.4, 0.5) is 0 Å². The minimum absolute atomic E-state index is 0.666. The van der Waals surface area contributed by atoms with E-state index < -0.39 is 0 Å². The van der Waals surface area contributed by atoms with Crippen LogP contribution in [-0.2, 0) is 0 Å². The Balaban J connectivity index is 1.10. The van der Waals surface area contributed by atoms with Crippen LogP contribution in [0.5, 0.6) is 0 Å². The number of hydrogen-bond acceptors (Lipinski definition) is 4. The van der Waals surface area contributed by atoms with Crippen LogP contribution in [0.25, 0.3) is 116 Å². The first-order chi connectivity index (χ1) is 25.3. The molecule has 5 nitrogen and oxygen atoms in total. The van der Waals surface area contributed by atoms with Gasteiger partial charge in [-0.1, -0.05) is 109 Å². The van der Waals surface area contributed by atoms with Gasteiger partial charge in [0.25, 0.3) is 0 Å². The molecule has 0 bridgehead atoms. The summed E-state index contributed by atoms with van der Waals surface area (Å²) in [5, 5.41) is 8.16. The summed E-state index contributed by atoms with van der Waals surface area (Å²) in [4.78, 5) is 10.3. The first kappa shape index (κ1) is 26.9. The van der Waals surface area contributed by atoms with Crippen molar-refractivity contribution in [1.29, 1.82) is 0 Å². The van der Waals surface area contributed by atoms with Crippen LogP contribution in [0.2, 0.25) is 0 Å². The molecule has 5 heterocycles. The van der Waals surface area contributed by atoms with Crippen molar-refractivity contribution in [3.63, 3.8) is 0 Å². The van der Waals surface area contributed by atoms with E-state index in [4.69, 9.17) is 18.8 Å². The molecule has 0 spiro atoms. The Morgan fingerprint density at radius 2 is 0.980 bits per heavy atom. The van der Waals surface area contributed by atoms with Crippen LogP contribution in [0, 0.1) is 0 Å².